The summed E-state index contributed by atoms with van der Waals surface area (Å²) in [7, 11) is 0. The molecular weight excluding hydrogens is 349 g/mol. The fourth-order valence-corrected chi connectivity index (χ4v) is 4.54. The topological polar surface area (TPSA) is 66.4 Å². The van der Waals surface area contributed by atoms with Crippen molar-refractivity contribution in [3.8, 4) is 0 Å². The number of hydrogen-bond acceptors (Lipinski definition) is 4. The Morgan fingerprint density at radius 3 is 2.55 bits per heavy atom. The highest BCUT2D eigenvalue weighted by atomic mass is 35.5. The first-order valence-corrected chi connectivity index (χ1v) is 8.49. The zero-order valence-corrected chi connectivity index (χ0v) is 14.8. The summed E-state index contributed by atoms with van der Waals surface area (Å²) in [6, 6.07) is 4.56. The molecule has 0 spiro atoms. The number of carbonyl (C=O) groups is 1. The highest BCUT2D eigenvalue weighted by Gasteiger charge is 2.60. The number of benzene rings is 1. The van der Waals surface area contributed by atoms with Gasteiger partial charge in [-0.3, -0.25) is 0 Å². The van der Waals surface area contributed by atoms with Gasteiger partial charge in [0.15, 0.2) is 0 Å². The second kappa shape index (κ2) is 6.09. The molecule has 2 unspecified atom stereocenters. The van der Waals surface area contributed by atoms with Crippen LogP contribution in [0.5, 0.6) is 0 Å². The molecule has 1 saturated heterocycles. The van der Waals surface area contributed by atoms with Crippen LogP contribution < -0.4 is 5.11 Å². The van der Waals surface area contributed by atoms with Crippen LogP contribution in [0.15, 0.2) is 18.2 Å². The minimum Gasteiger partial charge on any atom is -0.497 e. The van der Waals surface area contributed by atoms with E-state index in [1.165, 1.54) is 0 Å². The third kappa shape index (κ3) is 2.78. The molecule has 1 amide bonds. The Hall–Kier alpha value is -0.660. The fourth-order valence-electron chi connectivity index (χ4n) is 2.83. The highest BCUT2D eigenvalue weighted by Crippen LogP contribution is 2.38. The number of carboxylic acid groups (broad SMARTS) is 1. The average molecular weight is 366 g/mol. The van der Waals surface area contributed by atoms with E-state index in [0.29, 0.717) is 16.5 Å². The van der Waals surface area contributed by atoms with Gasteiger partial charge in [-0.25, -0.2) is 4.18 Å². The van der Waals surface area contributed by atoms with Crippen LogP contribution in [0.4, 0.5) is 4.79 Å². The number of nitrogens with zero attached hydrogens (tertiary/aromatic N) is 1. The SMILES string of the molecule is CC(C)(C)[N+]1(C(=O)[O-])[C@@H](Cc2ccc(Cl)c(Cl)c2)COS1=O. The van der Waals surface area contributed by atoms with Crippen molar-refractivity contribution in [2.45, 2.75) is 38.8 Å². The third-order valence-corrected chi connectivity index (χ3v) is 6.38. The molecule has 8 heteroatoms. The van der Waals surface area contributed by atoms with Gasteiger partial charge in [-0.2, -0.15) is 8.10 Å². The number of quaternary nitrogens is 1. The molecule has 1 aromatic rings. The zero-order chi connectivity index (χ0) is 16.7. The van der Waals surface area contributed by atoms with Crippen LogP contribution in [-0.4, -0.2) is 32.4 Å². The summed E-state index contributed by atoms with van der Waals surface area (Å²) in [5.74, 6) is 0. The van der Waals surface area contributed by atoms with Gasteiger partial charge < -0.3 is 9.90 Å². The summed E-state index contributed by atoms with van der Waals surface area (Å²) in [6.07, 6.45) is -1.07. The lowest BCUT2D eigenvalue weighted by Crippen LogP contribution is -2.70. The van der Waals surface area contributed by atoms with E-state index in [4.69, 9.17) is 27.4 Å². The van der Waals surface area contributed by atoms with Crippen molar-refractivity contribution in [1.82, 2.24) is 0 Å². The maximum atomic E-state index is 12.3. The Bertz CT molecular complexity index is 632. The van der Waals surface area contributed by atoms with Gasteiger partial charge in [0.1, 0.15) is 18.2 Å². The number of amides is 1. The molecule has 1 aliphatic rings. The van der Waals surface area contributed by atoms with Gasteiger partial charge in [-0.1, -0.05) is 29.3 Å². The molecule has 3 atom stereocenters. The number of rotatable bonds is 2. The maximum absolute atomic E-state index is 12.3. The Morgan fingerprint density at radius 1 is 1.41 bits per heavy atom. The van der Waals surface area contributed by atoms with E-state index < -0.39 is 32.8 Å². The molecule has 0 aromatic heterocycles. The Morgan fingerprint density at radius 2 is 2.05 bits per heavy atom. The van der Waals surface area contributed by atoms with Gasteiger partial charge in [-0.05, 0) is 38.5 Å². The Balaban J connectivity index is 2.42. The first kappa shape index (κ1) is 17.7. The predicted molar refractivity (Wildman–Crippen MR) is 83.5 cm³/mol. The molecule has 1 aromatic carbocycles. The average Bonchev–Trinajstić information content (AvgIpc) is 2.71. The fraction of sp³-hybridized carbons (Fsp3) is 0.500. The molecular formula is C14H17Cl2NO4S. The van der Waals surface area contributed by atoms with Gasteiger partial charge >= 0.3 is 11.3 Å². The van der Waals surface area contributed by atoms with E-state index in [-0.39, 0.29) is 6.61 Å². The quantitative estimate of drug-likeness (QED) is 0.755. The van der Waals surface area contributed by atoms with Crippen molar-refractivity contribution in [3.63, 3.8) is 0 Å². The van der Waals surface area contributed by atoms with Gasteiger partial charge in [-0.15, -0.1) is 0 Å². The first-order chi connectivity index (χ1) is 10.1. The lowest BCUT2D eigenvalue weighted by Gasteiger charge is -2.44. The van der Waals surface area contributed by atoms with Gasteiger partial charge in [0.05, 0.1) is 10.0 Å². The molecule has 5 nitrogen and oxygen atoms in total. The smallest absolute Gasteiger partial charge is 0.368 e. The third-order valence-electron chi connectivity index (χ3n) is 3.83. The molecule has 22 heavy (non-hydrogen) atoms. The second-order valence-corrected chi connectivity index (χ2v) is 8.26. The summed E-state index contributed by atoms with van der Waals surface area (Å²) in [5.41, 5.74) is -0.0453. The molecule has 2 rings (SSSR count). The number of carbonyl (C=O) groups excluding carboxylic acids is 1. The summed E-state index contributed by atoms with van der Waals surface area (Å²) in [6.45, 7) is 5.18. The molecule has 1 heterocycles. The second-order valence-electron chi connectivity index (χ2n) is 6.20. The molecule has 0 radical (unpaired) electrons. The van der Waals surface area contributed by atoms with Gasteiger partial charge in [0, 0.05) is 6.42 Å². The maximum Gasteiger partial charge on any atom is 0.368 e. The molecule has 0 aliphatic carbocycles. The Kier molecular flexibility index (Phi) is 4.90. The summed E-state index contributed by atoms with van der Waals surface area (Å²) in [4.78, 5) is 11.8. The molecule has 1 fully saturated rings. The minimum absolute atomic E-state index is 0.0676. The van der Waals surface area contributed by atoms with Crippen LogP contribution in [0, 0.1) is 0 Å². The normalized spacial score (nSPS) is 28.8. The number of hydrogen-bond donors (Lipinski definition) is 0. The van der Waals surface area contributed by atoms with E-state index in [1.54, 1.807) is 39.0 Å². The summed E-state index contributed by atoms with van der Waals surface area (Å²) in [5, 5.41) is 12.7. The van der Waals surface area contributed by atoms with Crippen molar-refractivity contribution in [3.05, 3.63) is 33.8 Å². The zero-order valence-electron chi connectivity index (χ0n) is 12.5. The monoisotopic (exact) mass is 365 g/mol. The first-order valence-electron chi connectivity index (χ1n) is 6.70. The van der Waals surface area contributed by atoms with Crippen molar-refractivity contribution in [1.29, 1.82) is 0 Å². The van der Waals surface area contributed by atoms with E-state index in [1.807, 2.05) is 0 Å². The van der Waals surface area contributed by atoms with Crippen LogP contribution in [0.25, 0.3) is 0 Å². The molecule has 122 valence electrons. The molecule has 0 bridgehead atoms. The van der Waals surface area contributed by atoms with Crippen LogP contribution in [0.1, 0.15) is 26.3 Å². The Labute approximate surface area is 142 Å². The van der Waals surface area contributed by atoms with Crippen molar-refractivity contribution < 1.29 is 22.2 Å². The van der Waals surface area contributed by atoms with Crippen molar-refractivity contribution in [2.24, 2.45) is 0 Å². The van der Waals surface area contributed by atoms with E-state index >= 15 is 0 Å². The van der Waals surface area contributed by atoms with Gasteiger partial charge in [0.25, 0.3) is 6.09 Å². The van der Waals surface area contributed by atoms with E-state index in [0.717, 1.165) is 5.56 Å². The summed E-state index contributed by atoms with van der Waals surface area (Å²) >= 11 is 9.86. The highest BCUT2D eigenvalue weighted by molar-refractivity contribution is 7.74. The van der Waals surface area contributed by atoms with E-state index in [9.17, 15) is 14.1 Å². The molecule has 0 saturated carbocycles. The van der Waals surface area contributed by atoms with Crippen LogP contribution >= 0.6 is 23.2 Å². The van der Waals surface area contributed by atoms with Crippen molar-refractivity contribution >= 4 is 40.6 Å². The molecule has 0 N–H and O–H groups in total. The lowest BCUT2D eigenvalue weighted by molar-refractivity contribution is -0.821. The van der Waals surface area contributed by atoms with Gasteiger partial charge in [0.2, 0.25) is 0 Å². The standard InChI is InChI=1S/C14H17Cl2NO4S/c1-14(2,3)17(13(18)19)10(8-21-22(17)20)6-9-4-5-11(15)12(16)7-9/h4-5,7,10H,6,8H2,1-3H3/t10-,17?,22?/m0/s1. The van der Waals surface area contributed by atoms with Crippen molar-refractivity contribution in [2.75, 3.05) is 6.61 Å². The van der Waals surface area contributed by atoms with Crippen LogP contribution in [0.3, 0.4) is 0 Å². The number of halogens is 2. The predicted octanol–water partition coefficient (Wildman–Crippen LogP) is 2.47. The minimum atomic E-state index is -2.02. The van der Waals surface area contributed by atoms with Crippen LogP contribution in [-0.2, 0) is 21.9 Å². The lowest BCUT2D eigenvalue weighted by atomic mass is 9.99. The molecule has 1 aliphatic heterocycles. The summed E-state index contributed by atoms with van der Waals surface area (Å²) < 4.78 is 16.7. The largest absolute Gasteiger partial charge is 0.497 e. The van der Waals surface area contributed by atoms with Crippen LogP contribution in [0.2, 0.25) is 10.0 Å². The van der Waals surface area contributed by atoms with E-state index in [2.05, 4.69) is 0 Å².